The number of rotatable bonds is 6. The third kappa shape index (κ3) is 3.16. The van der Waals surface area contributed by atoms with Gasteiger partial charge in [0, 0.05) is 18.6 Å². The third-order valence-corrected chi connectivity index (χ3v) is 3.75. The van der Waals surface area contributed by atoms with E-state index < -0.39 is 0 Å². The Morgan fingerprint density at radius 1 is 1.44 bits per heavy atom. The van der Waals surface area contributed by atoms with Crippen LogP contribution in [0.4, 0.5) is 0 Å². The minimum Gasteiger partial charge on any atom is -0.495 e. The molecule has 1 aromatic rings. The topological polar surface area (TPSA) is 33.3 Å². The number of nitrogens with one attached hydrogen (secondary N) is 2. The lowest BCUT2D eigenvalue weighted by Gasteiger charge is -2.20. The smallest absolute Gasteiger partial charge is 0.137 e. The Kier molecular flexibility index (Phi) is 4.49. The highest BCUT2D eigenvalue weighted by molar-refractivity contribution is 6.32. The van der Waals surface area contributed by atoms with Crippen LogP contribution in [0, 0.1) is 6.92 Å². The maximum absolute atomic E-state index is 6.20. The molecule has 0 aromatic heterocycles. The molecule has 1 aliphatic rings. The molecule has 1 atom stereocenters. The molecule has 2 N–H and O–H groups in total. The Bertz CT molecular complexity index is 419. The van der Waals surface area contributed by atoms with Crippen LogP contribution in [0.1, 0.15) is 30.0 Å². The van der Waals surface area contributed by atoms with Crippen LogP contribution < -0.4 is 15.4 Å². The van der Waals surface area contributed by atoms with E-state index in [2.05, 4.69) is 17.6 Å². The molecule has 1 saturated carbocycles. The molecule has 3 nitrogen and oxygen atoms in total. The molecule has 4 heteroatoms. The first-order valence-electron chi connectivity index (χ1n) is 6.40. The summed E-state index contributed by atoms with van der Waals surface area (Å²) in [7, 11) is 3.63. The van der Waals surface area contributed by atoms with Gasteiger partial charge in [-0.1, -0.05) is 11.6 Å². The molecule has 0 spiro atoms. The molecule has 0 radical (unpaired) electrons. The van der Waals surface area contributed by atoms with E-state index in [9.17, 15) is 0 Å². The van der Waals surface area contributed by atoms with Crippen molar-refractivity contribution in [2.24, 2.45) is 0 Å². The van der Waals surface area contributed by atoms with Crippen LogP contribution in [-0.4, -0.2) is 26.7 Å². The number of benzene rings is 1. The number of hydrogen-bond donors (Lipinski definition) is 2. The minimum absolute atomic E-state index is 0.286. The van der Waals surface area contributed by atoms with Crippen molar-refractivity contribution in [1.29, 1.82) is 0 Å². The van der Waals surface area contributed by atoms with E-state index in [0.717, 1.165) is 18.3 Å². The summed E-state index contributed by atoms with van der Waals surface area (Å²) >= 11 is 6.20. The lowest BCUT2D eigenvalue weighted by atomic mass is 10.0. The molecule has 0 saturated heterocycles. The Morgan fingerprint density at radius 2 is 2.17 bits per heavy atom. The first kappa shape index (κ1) is 13.7. The van der Waals surface area contributed by atoms with E-state index in [1.54, 1.807) is 7.11 Å². The zero-order valence-corrected chi connectivity index (χ0v) is 12.0. The van der Waals surface area contributed by atoms with Gasteiger partial charge in [-0.2, -0.15) is 0 Å². The molecule has 1 aromatic carbocycles. The van der Waals surface area contributed by atoms with Gasteiger partial charge in [-0.05, 0) is 50.1 Å². The summed E-state index contributed by atoms with van der Waals surface area (Å²) in [5, 5.41) is 7.56. The molecule has 1 fully saturated rings. The summed E-state index contributed by atoms with van der Waals surface area (Å²) in [4.78, 5) is 0. The van der Waals surface area contributed by atoms with Crippen LogP contribution in [0.25, 0.3) is 0 Å². The summed E-state index contributed by atoms with van der Waals surface area (Å²) in [5.41, 5.74) is 2.43. The Balaban J connectivity index is 2.15. The zero-order chi connectivity index (χ0) is 13.1. The van der Waals surface area contributed by atoms with Crippen molar-refractivity contribution in [2.75, 3.05) is 20.7 Å². The fourth-order valence-electron chi connectivity index (χ4n) is 2.14. The van der Waals surface area contributed by atoms with Crippen LogP contribution in [0.15, 0.2) is 12.1 Å². The van der Waals surface area contributed by atoms with Crippen LogP contribution in [0.2, 0.25) is 5.02 Å². The monoisotopic (exact) mass is 268 g/mol. The summed E-state index contributed by atoms with van der Waals surface area (Å²) in [6, 6.07) is 5.01. The van der Waals surface area contributed by atoms with Crippen molar-refractivity contribution in [3.8, 4) is 5.75 Å². The van der Waals surface area contributed by atoms with Gasteiger partial charge in [0.15, 0.2) is 0 Å². The van der Waals surface area contributed by atoms with E-state index in [0.29, 0.717) is 5.02 Å². The quantitative estimate of drug-likeness (QED) is 0.832. The number of halogens is 1. The number of hydrogen-bond acceptors (Lipinski definition) is 3. The molecule has 1 unspecified atom stereocenters. The van der Waals surface area contributed by atoms with Crippen LogP contribution in [0.5, 0.6) is 5.75 Å². The van der Waals surface area contributed by atoms with Gasteiger partial charge in [0.1, 0.15) is 5.75 Å². The van der Waals surface area contributed by atoms with Crippen molar-refractivity contribution < 1.29 is 4.74 Å². The number of ether oxygens (including phenoxy) is 1. The van der Waals surface area contributed by atoms with Crippen LogP contribution in [0.3, 0.4) is 0 Å². The fourth-order valence-corrected chi connectivity index (χ4v) is 2.39. The molecule has 0 amide bonds. The highest BCUT2D eigenvalue weighted by Gasteiger charge is 2.22. The number of aryl methyl sites for hydroxylation is 1. The Labute approximate surface area is 114 Å². The lowest BCUT2D eigenvalue weighted by Crippen LogP contribution is -2.31. The van der Waals surface area contributed by atoms with Crippen molar-refractivity contribution >= 4 is 11.6 Å². The third-order valence-electron chi connectivity index (χ3n) is 3.45. The molecule has 0 aliphatic heterocycles. The molecule has 1 aliphatic carbocycles. The lowest BCUT2D eigenvalue weighted by molar-refractivity contribution is 0.414. The highest BCUT2D eigenvalue weighted by atomic mass is 35.5. The van der Waals surface area contributed by atoms with E-state index >= 15 is 0 Å². The van der Waals surface area contributed by atoms with Crippen LogP contribution >= 0.6 is 11.6 Å². The number of methoxy groups -OCH3 is 1. The van der Waals surface area contributed by atoms with Crippen molar-refractivity contribution in [3.05, 3.63) is 28.3 Å². The Hall–Kier alpha value is -0.770. The summed E-state index contributed by atoms with van der Waals surface area (Å²) in [5.74, 6) is 0.739. The average molecular weight is 269 g/mol. The van der Waals surface area contributed by atoms with Gasteiger partial charge < -0.3 is 15.4 Å². The van der Waals surface area contributed by atoms with E-state index in [1.807, 2.05) is 19.2 Å². The van der Waals surface area contributed by atoms with E-state index in [-0.39, 0.29) is 6.04 Å². The molecule has 18 heavy (non-hydrogen) atoms. The molecular formula is C14H21ClN2O. The Morgan fingerprint density at radius 3 is 2.72 bits per heavy atom. The maximum atomic E-state index is 6.20. The molecular weight excluding hydrogens is 248 g/mol. The SMILES string of the molecule is CNC(CNC1CC1)c1cc(Cl)c(OC)cc1C. The van der Waals surface area contributed by atoms with E-state index in [1.165, 1.54) is 24.0 Å². The second-order valence-electron chi connectivity index (χ2n) is 4.87. The summed E-state index contributed by atoms with van der Waals surface area (Å²) in [6.45, 7) is 3.03. The minimum atomic E-state index is 0.286. The summed E-state index contributed by atoms with van der Waals surface area (Å²) in [6.07, 6.45) is 2.61. The number of likely N-dealkylation sites (N-methyl/N-ethyl adjacent to an activating group) is 1. The van der Waals surface area contributed by atoms with Crippen molar-refractivity contribution in [2.45, 2.75) is 31.8 Å². The average Bonchev–Trinajstić information content (AvgIpc) is 3.17. The van der Waals surface area contributed by atoms with Gasteiger partial charge in [0.05, 0.1) is 12.1 Å². The van der Waals surface area contributed by atoms with Gasteiger partial charge >= 0.3 is 0 Å². The second-order valence-corrected chi connectivity index (χ2v) is 5.27. The molecule has 100 valence electrons. The van der Waals surface area contributed by atoms with Gasteiger partial charge in [-0.15, -0.1) is 0 Å². The largest absolute Gasteiger partial charge is 0.495 e. The predicted octanol–water partition coefficient (Wildman–Crippen LogP) is 2.67. The zero-order valence-electron chi connectivity index (χ0n) is 11.2. The molecule has 0 bridgehead atoms. The second kappa shape index (κ2) is 5.91. The first-order chi connectivity index (χ1) is 8.65. The van der Waals surface area contributed by atoms with Gasteiger partial charge in [-0.3, -0.25) is 0 Å². The highest BCUT2D eigenvalue weighted by Crippen LogP contribution is 2.31. The normalized spacial score (nSPS) is 16.7. The van der Waals surface area contributed by atoms with Gasteiger partial charge in [-0.25, -0.2) is 0 Å². The maximum Gasteiger partial charge on any atom is 0.137 e. The van der Waals surface area contributed by atoms with Crippen molar-refractivity contribution in [3.63, 3.8) is 0 Å². The summed E-state index contributed by atoms with van der Waals surface area (Å²) < 4.78 is 5.23. The van der Waals surface area contributed by atoms with Crippen LogP contribution in [-0.2, 0) is 0 Å². The molecule has 0 heterocycles. The fraction of sp³-hybridized carbons (Fsp3) is 0.571. The predicted molar refractivity (Wildman–Crippen MR) is 75.6 cm³/mol. The van der Waals surface area contributed by atoms with E-state index in [4.69, 9.17) is 16.3 Å². The molecule has 2 rings (SSSR count). The van der Waals surface area contributed by atoms with Gasteiger partial charge in [0.2, 0.25) is 0 Å². The van der Waals surface area contributed by atoms with Crippen molar-refractivity contribution in [1.82, 2.24) is 10.6 Å². The van der Waals surface area contributed by atoms with Gasteiger partial charge in [0.25, 0.3) is 0 Å². The first-order valence-corrected chi connectivity index (χ1v) is 6.78. The standard InChI is InChI=1S/C14H21ClN2O/c1-9-6-14(18-3)12(15)7-11(9)13(16-2)8-17-10-4-5-10/h6-7,10,13,16-17H,4-5,8H2,1-3H3.